The number of amides is 1. The standard InChI is InChI=1S/C12H19N3O/c1-10(16)14-12-6-4-5-11(9-12)13-7-8-15(2)3/h4-6,9,13H,7-8H2,1-3H3,(H,14,16). The number of nitrogens with zero attached hydrogens (tertiary/aromatic N) is 1. The Balaban J connectivity index is 2.50. The fourth-order valence-electron chi connectivity index (χ4n) is 1.33. The number of carbonyl (C=O) groups excluding carboxylic acids is 1. The highest BCUT2D eigenvalue weighted by Crippen LogP contribution is 2.14. The molecule has 0 bridgehead atoms. The zero-order valence-corrected chi connectivity index (χ0v) is 10.1. The molecular weight excluding hydrogens is 202 g/mol. The van der Waals surface area contributed by atoms with E-state index in [-0.39, 0.29) is 5.91 Å². The molecule has 0 aliphatic rings. The summed E-state index contributed by atoms with van der Waals surface area (Å²) in [6.45, 7) is 3.37. The summed E-state index contributed by atoms with van der Waals surface area (Å²) in [4.78, 5) is 13.0. The second-order valence-electron chi connectivity index (χ2n) is 3.99. The van der Waals surface area contributed by atoms with E-state index in [1.807, 2.05) is 38.4 Å². The number of likely N-dealkylation sites (N-methyl/N-ethyl adjacent to an activating group) is 1. The number of nitrogens with one attached hydrogen (secondary N) is 2. The second-order valence-corrected chi connectivity index (χ2v) is 3.99. The van der Waals surface area contributed by atoms with Gasteiger partial charge >= 0.3 is 0 Å². The predicted molar refractivity (Wildman–Crippen MR) is 67.8 cm³/mol. The zero-order chi connectivity index (χ0) is 12.0. The van der Waals surface area contributed by atoms with Crippen LogP contribution in [0.4, 0.5) is 11.4 Å². The van der Waals surface area contributed by atoms with Crippen molar-refractivity contribution in [3.63, 3.8) is 0 Å². The van der Waals surface area contributed by atoms with E-state index < -0.39 is 0 Å². The van der Waals surface area contributed by atoms with Crippen molar-refractivity contribution < 1.29 is 4.79 Å². The fraction of sp³-hybridized carbons (Fsp3) is 0.417. The lowest BCUT2D eigenvalue weighted by Gasteiger charge is -2.12. The van der Waals surface area contributed by atoms with E-state index in [1.54, 1.807) is 0 Å². The van der Waals surface area contributed by atoms with Gasteiger partial charge in [0.05, 0.1) is 0 Å². The van der Waals surface area contributed by atoms with Crippen molar-refractivity contribution in [2.45, 2.75) is 6.92 Å². The van der Waals surface area contributed by atoms with Gasteiger partial charge in [-0.25, -0.2) is 0 Å². The summed E-state index contributed by atoms with van der Waals surface area (Å²) >= 11 is 0. The average Bonchev–Trinajstić information content (AvgIpc) is 2.16. The summed E-state index contributed by atoms with van der Waals surface area (Å²) in [6.07, 6.45) is 0. The van der Waals surface area contributed by atoms with Crippen molar-refractivity contribution in [1.29, 1.82) is 0 Å². The normalized spacial score (nSPS) is 10.2. The van der Waals surface area contributed by atoms with E-state index in [0.29, 0.717) is 0 Å². The summed E-state index contributed by atoms with van der Waals surface area (Å²) < 4.78 is 0. The van der Waals surface area contributed by atoms with Crippen LogP contribution in [0.5, 0.6) is 0 Å². The summed E-state index contributed by atoms with van der Waals surface area (Å²) in [7, 11) is 4.07. The second kappa shape index (κ2) is 6.12. The molecule has 0 radical (unpaired) electrons. The Bertz CT molecular complexity index is 350. The summed E-state index contributed by atoms with van der Waals surface area (Å²) in [5, 5.41) is 6.05. The molecule has 0 aromatic heterocycles. The van der Waals surface area contributed by atoms with Gasteiger partial charge in [0.2, 0.25) is 5.91 Å². The molecule has 88 valence electrons. The highest BCUT2D eigenvalue weighted by molar-refractivity contribution is 5.89. The van der Waals surface area contributed by atoms with Crippen molar-refractivity contribution in [3.8, 4) is 0 Å². The molecular formula is C12H19N3O. The van der Waals surface area contributed by atoms with Crippen molar-refractivity contribution in [3.05, 3.63) is 24.3 Å². The summed E-state index contributed by atoms with van der Waals surface area (Å²) in [6, 6.07) is 7.71. The maximum Gasteiger partial charge on any atom is 0.221 e. The number of anilines is 2. The van der Waals surface area contributed by atoms with Crippen molar-refractivity contribution >= 4 is 17.3 Å². The van der Waals surface area contributed by atoms with Crippen LogP contribution in [0.2, 0.25) is 0 Å². The van der Waals surface area contributed by atoms with Gasteiger partial charge in [-0.1, -0.05) is 6.07 Å². The number of rotatable bonds is 5. The van der Waals surface area contributed by atoms with E-state index in [4.69, 9.17) is 0 Å². The molecule has 1 aromatic carbocycles. The first-order chi connectivity index (χ1) is 7.58. The van der Waals surface area contributed by atoms with Crippen LogP contribution in [0.3, 0.4) is 0 Å². The topological polar surface area (TPSA) is 44.4 Å². The molecule has 0 fully saturated rings. The molecule has 0 aliphatic carbocycles. The van der Waals surface area contributed by atoms with Crippen LogP contribution in [-0.2, 0) is 4.79 Å². The highest BCUT2D eigenvalue weighted by atomic mass is 16.1. The first-order valence-electron chi connectivity index (χ1n) is 5.34. The fourth-order valence-corrected chi connectivity index (χ4v) is 1.33. The van der Waals surface area contributed by atoms with Gasteiger partial charge in [-0.2, -0.15) is 0 Å². The van der Waals surface area contributed by atoms with E-state index >= 15 is 0 Å². The van der Waals surface area contributed by atoms with Gasteiger partial charge in [-0.15, -0.1) is 0 Å². The molecule has 0 saturated carbocycles. The Labute approximate surface area is 96.6 Å². The van der Waals surface area contributed by atoms with Gasteiger partial charge in [-0.3, -0.25) is 4.79 Å². The average molecular weight is 221 g/mol. The number of hydrogen-bond acceptors (Lipinski definition) is 3. The van der Waals surface area contributed by atoms with Crippen molar-refractivity contribution in [2.75, 3.05) is 37.8 Å². The summed E-state index contributed by atoms with van der Waals surface area (Å²) in [5.41, 5.74) is 1.84. The Hall–Kier alpha value is -1.55. The van der Waals surface area contributed by atoms with Crippen LogP contribution < -0.4 is 10.6 Å². The van der Waals surface area contributed by atoms with E-state index in [0.717, 1.165) is 24.5 Å². The van der Waals surface area contributed by atoms with Crippen LogP contribution >= 0.6 is 0 Å². The van der Waals surface area contributed by atoms with Crippen LogP contribution in [-0.4, -0.2) is 38.0 Å². The lowest BCUT2D eigenvalue weighted by Crippen LogP contribution is -2.20. The minimum absolute atomic E-state index is 0.0505. The van der Waals surface area contributed by atoms with E-state index in [2.05, 4.69) is 15.5 Å². The molecule has 0 spiro atoms. The molecule has 0 aliphatic heterocycles. The third kappa shape index (κ3) is 4.79. The largest absolute Gasteiger partial charge is 0.384 e. The van der Waals surface area contributed by atoms with Gasteiger partial charge in [0, 0.05) is 31.4 Å². The quantitative estimate of drug-likeness (QED) is 0.794. The number of hydrogen-bond donors (Lipinski definition) is 2. The molecule has 2 N–H and O–H groups in total. The third-order valence-corrected chi connectivity index (χ3v) is 2.07. The van der Waals surface area contributed by atoms with Crippen LogP contribution in [0, 0.1) is 0 Å². The summed E-state index contributed by atoms with van der Waals surface area (Å²) in [5.74, 6) is -0.0505. The highest BCUT2D eigenvalue weighted by Gasteiger charge is 1.97. The molecule has 4 nitrogen and oxygen atoms in total. The van der Waals surface area contributed by atoms with E-state index in [1.165, 1.54) is 6.92 Å². The molecule has 0 atom stereocenters. The van der Waals surface area contributed by atoms with Gasteiger partial charge in [0.25, 0.3) is 0 Å². The minimum atomic E-state index is -0.0505. The maximum absolute atomic E-state index is 10.9. The van der Waals surface area contributed by atoms with Gasteiger partial charge < -0.3 is 15.5 Å². The van der Waals surface area contributed by atoms with Crippen molar-refractivity contribution in [1.82, 2.24) is 4.90 Å². The first-order valence-corrected chi connectivity index (χ1v) is 5.34. The van der Waals surface area contributed by atoms with Crippen molar-refractivity contribution in [2.24, 2.45) is 0 Å². The monoisotopic (exact) mass is 221 g/mol. The smallest absolute Gasteiger partial charge is 0.221 e. The lowest BCUT2D eigenvalue weighted by atomic mass is 10.2. The molecule has 0 saturated heterocycles. The SMILES string of the molecule is CC(=O)Nc1cccc(NCCN(C)C)c1. The first kappa shape index (κ1) is 12.5. The Morgan fingerprint density at radius 1 is 1.31 bits per heavy atom. The van der Waals surface area contributed by atoms with Gasteiger partial charge in [-0.05, 0) is 32.3 Å². The molecule has 1 amide bonds. The molecule has 1 rings (SSSR count). The number of carbonyl (C=O) groups is 1. The molecule has 0 heterocycles. The lowest BCUT2D eigenvalue weighted by molar-refractivity contribution is -0.114. The van der Waals surface area contributed by atoms with Crippen LogP contribution in [0.1, 0.15) is 6.92 Å². The minimum Gasteiger partial charge on any atom is -0.384 e. The third-order valence-electron chi connectivity index (χ3n) is 2.07. The molecule has 0 unspecified atom stereocenters. The Morgan fingerprint density at radius 2 is 2.00 bits per heavy atom. The molecule has 1 aromatic rings. The predicted octanol–water partition coefficient (Wildman–Crippen LogP) is 1.62. The Kier molecular flexibility index (Phi) is 4.79. The Morgan fingerprint density at radius 3 is 2.62 bits per heavy atom. The number of benzene rings is 1. The van der Waals surface area contributed by atoms with E-state index in [9.17, 15) is 4.79 Å². The van der Waals surface area contributed by atoms with Gasteiger partial charge in [0.15, 0.2) is 0 Å². The van der Waals surface area contributed by atoms with Gasteiger partial charge in [0.1, 0.15) is 0 Å². The molecule has 16 heavy (non-hydrogen) atoms. The van der Waals surface area contributed by atoms with Crippen LogP contribution in [0.25, 0.3) is 0 Å². The zero-order valence-electron chi connectivity index (χ0n) is 10.1. The molecule has 4 heteroatoms. The van der Waals surface area contributed by atoms with Crippen LogP contribution in [0.15, 0.2) is 24.3 Å². The maximum atomic E-state index is 10.9.